The molecule has 12 heavy (non-hydrogen) atoms. The Bertz CT molecular complexity index is 225. The molecule has 0 bridgehead atoms. The van der Waals surface area contributed by atoms with Crippen LogP contribution in [-0.4, -0.2) is 18.2 Å². The van der Waals surface area contributed by atoms with Crippen molar-refractivity contribution < 1.29 is 9.53 Å². The highest BCUT2D eigenvalue weighted by Crippen LogP contribution is 2.27. The molecule has 3 unspecified atom stereocenters. The second kappa shape index (κ2) is 2.81. The average Bonchev–Trinajstić information content (AvgIpc) is 2.44. The number of hydrogen-bond donors (Lipinski definition) is 1. The molecule has 2 rings (SSSR count). The maximum absolute atomic E-state index is 10.9. The van der Waals surface area contributed by atoms with Crippen molar-refractivity contribution in [3.8, 4) is 0 Å². The summed E-state index contributed by atoms with van der Waals surface area (Å²) in [6, 6.07) is 0.215. The smallest absolute Gasteiger partial charge is 0.407 e. The Morgan fingerprint density at radius 2 is 2.58 bits per heavy atom. The number of alkyl carbamates (subject to hydrolysis) is 1. The molecule has 0 aromatic carbocycles. The van der Waals surface area contributed by atoms with E-state index < -0.39 is 0 Å². The topological polar surface area (TPSA) is 38.3 Å². The molecule has 3 nitrogen and oxygen atoms in total. The van der Waals surface area contributed by atoms with Crippen molar-refractivity contribution in [3.05, 3.63) is 12.2 Å². The van der Waals surface area contributed by atoms with Gasteiger partial charge in [-0.15, -0.1) is 0 Å². The van der Waals surface area contributed by atoms with E-state index in [-0.39, 0.29) is 18.2 Å². The fraction of sp³-hybridized carbons (Fsp3) is 0.667. The molecule has 0 aromatic rings. The minimum absolute atomic E-state index is 0.0764. The van der Waals surface area contributed by atoms with E-state index in [0.29, 0.717) is 5.92 Å². The second-order valence-corrected chi connectivity index (χ2v) is 3.36. The van der Waals surface area contributed by atoms with Crippen LogP contribution in [0.25, 0.3) is 0 Å². The van der Waals surface area contributed by atoms with Crippen LogP contribution in [0.1, 0.15) is 19.8 Å². The predicted octanol–water partition coefficient (Wildman–Crippen LogP) is 1.45. The van der Waals surface area contributed by atoms with E-state index in [2.05, 4.69) is 24.4 Å². The number of rotatable bonds is 1. The van der Waals surface area contributed by atoms with Crippen molar-refractivity contribution in [2.75, 3.05) is 0 Å². The van der Waals surface area contributed by atoms with Gasteiger partial charge in [-0.2, -0.15) is 0 Å². The van der Waals surface area contributed by atoms with Crippen LogP contribution in [0.15, 0.2) is 12.2 Å². The van der Waals surface area contributed by atoms with Crippen LogP contribution in [0.5, 0.6) is 0 Å². The zero-order valence-electron chi connectivity index (χ0n) is 7.12. The van der Waals surface area contributed by atoms with Crippen LogP contribution in [0, 0.1) is 5.92 Å². The number of carbonyl (C=O) groups is 1. The largest absolute Gasteiger partial charge is 0.443 e. The maximum atomic E-state index is 10.9. The summed E-state index contributed by atoms with van der Waals surface area (Å²) < 4.78 is 5.17. The van der Waals surface area contributed by atoms with Crippen molar-refractivity contribution in [3.63, 3.8) is 0 Å². The summed E-state index contributed by atoms with van der Waals surface area (Å²) >= 11 is 0. The lowest BCUT2D eigenvalue weighted by molar-refractivity contribution is 0.101. The number of ether oxygens (including phenoxy) is 1. The molecule has 1 amide bonds. The third-order valence-corrected chi connectivity index (χ3v) is 2.61. The third kappa shape index (κ3) is 1.09. The lowest BCUT2D eigenvalue weighted by Crippen LogP contribution is -2.37. The summed E-state index contributed by atoms with van der Waals surface area (Å²) in [5.74, 6) is 0.405. The van der Waals surface area contributed by atoms with Gasteiger partial charge in [0.15, 0.2) is 0 Å². The van der Waals surface area contributed by atoms with Gasteiger partial charge in [-0.1, -0.05) is 19.1 Å². The van der Waals surface area contributed by atoms with Crippen molar-refractivity contribution in [1.82, 2.24) is 5.32 Å². The minimum Gasteiger partial charge on any atom is -0.443 e. The van der Waals surface area contributed by atoms with Crippen molar-refractivity contribution >= 4 is 6.09 Å². The molecule has 1 saturated heterocycles. The molecule has 1 heterocycles. The molecule has 0 radical (unpaired) electrons. The maximum Gasteiger partial charge on any atom is 0.407 e. The van der Waals surface area contributed by atoms with E-state index in [1.165, 1.54) is 0 Å². The standard InChI is InChI=1S/C9H13NO2/c1-2-6-4-3-5-7-8(6)12-9(11)10-7/h3-4,6-8H,2,5H2,1H3,(H,10,11). The van der Waals surface area contributed by atoms with Crippen molar-refractivity contribution in [2.24, 2.45) is 5.92 Å². The van der Waals surface area contributed by atoms with Crippen LogP contribution in [-0.2, 0) is 4.74 Å². The molecule has 3 heteroatoms. The molecule has 66 valence electrons. The van der Waals surface area contributed by atoms with E-state index in [4.69, 9.17) is 4.74 Å². The van der Waals surface area contributed by atoms with Gasteiger partial charge in [0, 0.05) is 5.92 Å². The number of amides is 1. The number of hydrogen-bond acceptors (Lipinski definition) is 2. The predicted molar refractivity (Wildman–Crippen MR) is 44.7 cm³/mol. The molecule has 3 atom stereocenters. The summed E-state index contributed by atoms with van der Waals surface area (Å²) in [6.45, 7) is 2.11. The Hall–Kier alpha value is -0.990. The van der Waals surface area contributed by atoms with Gasteiger partial charge >= 0.3 is 6.09 Å². The lowest BCUT2D eigenvalue weighted by Gasteiger charge is -2.25. The van der Waals surface area contributed by atoms with E-state index in [9.17, 15) is 4.79 Å². The van der Waals surface area contributed by atoms with Gasteiger partial charge in [-0.05, 0) is 12.8 Å². The van der Waals surface area contributed by atoms with Gasteiger partial charge in [0.2, 0.25) is 0 Å². The molecule has 2 aliphatic rings. The van der Waals surface area contributed by atoms with Gasteiger partial charge in [0.05, 0.1) is 6.04 Å². The van der Waals surface area contributed by atoms with Crippen LogP contribution < -0.4 is 5.32 Å². The molecule has 0 saturated carbocycles. The van der Waals surface area contributed by atoms with Crippen LogP contribution in [0.4, 0.5) is 4.79 Å². The van der Waals surface area contributed by atoms with E-state index in [1.54, 1.807) is 0 Å². The molecule has 0 spiro atoms. The first-order chi connectivity index (χ1) is 5.81. The van der Waals surface area contributed by atoms with Gasteiger partial charge in [-0.25, -0.2) is 4.79 Å². The third-order valence-electron chi connectivity index (χ3n) is 2.61. The Balaban J connectivity index is 2.14. The molecular formula is C9H13NO2. The van der Waals surface area contributed by atoms with E-state index in [1.807, 2.05) is 0 Å². The normalized spacial score (nSPS) is 38.8. The van der Waals surface area contributed by atoms with Crippen LogP contribution in [0.2, 0.25) is 0 Å². The zero-order valence-corrected chi connectivity index (χ0v) is 7.12. The summed E-state index contributed by atoms with van der Waals surface area (Å²) in [7, 11) is 0. The zero-order chi connectivity index (χ0) is 8.55. The Labute approximate surface area is 71.8 Å². The van der Waals surface area contributed by atoms with Crippen molar-refractivity contribution in [1.29, 1.82) is 0 Å². The van der Waals surface area contributed by atoms with Gasteiger partial charge < -0.3 is 10.1 Å². The second-order valence-electron chi connectivity index (χ2n) is 3.36. The highest BCUT2D eigenvalue weighted by molar-refractivity contribution is 5.70. The van der Waals surface area contributed by atoms with Crippen LogP contribution in [0.3, 0.4) is 0 Å². The summed E-state index contributed by atoms with van der Waals surface area (Å²) in [4.78, 5) is 10.9. The fourth-order valence-electron chi connectivity index (χ4n) is 1.93. The number of carbonyl (C=O) groups excluding carboxylic acids is 1. The van der Waals surface area contributed by atoms with Crippen LogP contribution >= 0.6 is 0 Å². The first-order valence-corrected chi connectivity index (χ1v) is 4.45. The van der Waals surface area contributed by atoms with Gasteiger partial charge in [0.1, 0.15) is 6.10 Å². The first kappa shape index (κ1) is 7.65. The molecule has 1 fully saturated rings. The summed E-state index contributed by atoms with van der Waals surface area (Å²) in [6.07, 6.45) is 6.05. The molecule has 1 aliphatic carbocycles. The highest BCUT2D eigenvalue weighted by atomic mass is 16.6. The SMILES string of the molecule is CCC1C=CCC2NC(=O)OC12. The van der Waals surface area contributed by atoms with Crippen molar-refractivity contribution in [2.45, 2.75) is 31.9 Å². The summed E-state index contributed by atoms with van der Waals surface area (Å²) in [5, 5.41) is 2.81. The average molecular weight is 167 g/mol. The van der Waals surface area contributed by atoms with E-state index in [0.717, 1.165) is 12.8 Å². The first-order valence-electron chi connectivity index (χ1n) is 4.45. The van der Waals surface area contributed by atoms with E-state index >= 15 is 0 Å². The quantitative estimate of drug-likeness (QED) is 0.600. The van der Waals surface area contributed by atoms with Gasteiger partial charge in [-0.3, -0.25) is 0 Å². The Kier molecular flexibility index (Phi) is 1.79. The Morgan fingerprint density at radius 1 is 1.75 bits per heavy atom. The highest BCUT2D eigenvalue weighted by Gasteiger charge is 2.38. The molecule has 1 aliphatic heterocycles. The fourth-order valence-corrected chi connectivity index (χ4v) is 1.93. The minimum atomic E-state index is -0.257. The monoisotopic (exact) mass is 167 g/mol. The molecule has 0 aromatic heterocycles. The lowest BCUT2D eigenvalue weighted by atomic mass is 9.87. The Morgan fingerprint density at radius 3 is 3.33 bits per heavy atom. The number of nitrogens with one attached hydrogen (secondary N) is 1. The molecule has 1 N–H and O–H groups in total. The molecular weight excluding hydrogens is 154 g/mol. The summed E-state index contributed by atoms with van der Waals surface area (Å²) in [5.41, 5.74) is 0. The number of fused-ring (bicyclic) bond motifs is 1. The van der Waals surface area contributed by atoms with Gasteiger partial charge in [0.25, 0.3) is 0 Å².